The van der Waals surface area contributed by atoms with E-state index < -0.39 is 0 Å². The third-order valence-corrected chi connectivity index (χ3v) is 2.09. The van der Waals surface area contributed by atoms with E-state index in [1.807, 2.05) is 0 Å². The molecule has 1 aliphatic heterocycles. The summed E-state index contributed by atoms with van der Waals surface area (Å²) in [4.78, 5) is 21.6. The number of esters is 1. The van der Waals surface area contributed by atoms with Crippen molar-refractivity contribution in [1.29, 1.82) is 0 Å². The Morgan fingerprint density at radius 1 is 1.36 bits per heavy atom. The Bertz CT molecular complexity index is 242. The molecule has 2 aliphatic rings. The first-order chi connectivity index (χ1) is 5.25. The smallest absolute Gasteiger partial charge is 0.306 e. The molecule has 2 unspecified atom stereocenters. The molecule has 0 aromatic heterocycles. The lowest BCUT2D eigenvalue weighted by Gasteiger charge is -2.15. The summed E-state index contributed by atoms with van der Waals surface area (Å²) < 4.78 is 4.92. The van der Waals surface area contributed by atoms with Crippen molar-refractivity contribution in [1.82, 2.24) is 0 Å². The van der Waals surface area contributed by atoms with Gasteiger partial charge in [-0.3, -0.25) is 9.59 Å². The van der Waals surface area contributed by atoms with E-state index in [4.69, 9.17) is 4.74 Å². The van der Waals surface area contributed by atoms with Gasteiger partial charge in [-0.05, 0) is 6.08 Å². The maximum absolute atomic E-state index is 10.8. The van der Waals surface area contributed by atoms with Crippen molar-refractivity contribution >= 4 is 11.8 Å². The second-order valence-electron chi connectivity index (χ2n) is 2.93. The van der Waals surface area contributed by atoms with Crippen LogP contribution >= 0.6 is 0 Å². The Labute approximate surface area is 64.0 Å². The molecular formula is C8H8O3. The fourth-order valence-corrected chi connectivity index (χ4v) is 1.51. The number of carbonyl (C=O) groups excluding carboxylic acids is 2. The normalized spacial score (nSPS) is 35.3. The highest BCUT2D eigenvalue weighted by molar-refractivity contribution is 5.92. The Morgan fingerprint density at radius 3 is 3.00 bits per heavy atom. The number of ketones is 1. The summed E-state index contributed by atoms with van der Waals surface area (Å²) >= 11 is 0. The largest absolute Gasteiger partial charge is 0.461 e. The van der Waals surface area contributed by atoms with Crippen molar-refractivity contribution in [2.24, 2.45) is 5.92 Å². The van der Waals surface area contributed by atoms with Gasteiger partial charge in [-0.25, -0.2) is 0 Å². The maximum Gasteiger partial charge on any atom is 0.306 e. The zero-order valence-electron chi connectivity index (χ0n) is 5.95. The van der Waals surface area contributed by atoms with Gasteiger partial charge in [0.05, 0.1) is 6.42 Å². The SMILES string of the molecule is O=C1C=CC2CC(=O)OC2C1. The summed E-state index contributed by atoms with van der Waals surface area (Å²) in [7, 11) is 0. The van der Waals surface area contributed by atoms with E-state index >= 15 is 0 Å². The van der Waals surface area contributed by atoms with Gasteiger partial charge < -0.3 is 4.74 Å². The van der Waals surface area contributed by atoms with E-state index in [-0.39, 0.29) is 23.8 Å². The molecule has 0 amide bonds. The summed E-state index contributed by atoms with van der Waals surface area (Å²) in [5.74, 6) is 0.0282. The van der Waals surface area contributed by atoms with Crippen molar-refractivity contribution < 1.29 is 14.3 Å². The maximum atomic E-state index is 10.8. The quantitative estimate of drug-likeness (QED) is 0.473. The predicted molar refractivity (Wildman–Crippen MR) is 36.8 cm³/mol. The molecule has 0 radical (unpaired) electrons. The van der Waals surface area contributed by atoms with Crippen LogP contribution < -0.4 is 0 Å². The highest BCUT2D eigenvalue weighted by Gasteiger charge is 2.36. The molecule has 58 valence electrons. The number of allylic oxidation sites excluding steroid dienone is 1. The van der Waals surface area contributed by atoms with Gasteiger partial charge in [0.2, 0.25) is 0 Å². The molecule has 11 heavy (non-hydrogen) atoms. The Kier molecular flexibility index (Phi) is 1.31. The molecule has 0 spiro atoms. The zero-order chi connectivity index (χ0) is 7.84. The minimum absolute atomic E-state index is 0.0564. The molecule has 0 N–H and O–H groups in total. The van der Waals surface area contributed by atoms with Gasteiger partial charge in [0.1, 0.15) is 6.10 Å². The van der Waals surface area contributed by atoms with Crippen molar-refractivity contribution in [3.05, 3.63) is 12.2 Å². The number of fused-ring (bicyclic) bond motifs is 1. The van der Waals surface area contributed by atoms with E-state index in [2.05, 4.69) is 0 Å². The average Bonchev–Trinajstić information content (AvgIpc) is 2.27. The summed E-state index contributed by atoms with van der Waals surface area (Å²) in [5, 5.41) is 0. The zero-order valence-corrected chi connectivity index (χ0v) is 5.95. The van der Waals surface area contributed by atoms with Crippen LogP contribution in [0.1, 0.15) is 12.8 Å². The van der Waals surface area contributed by atoms with E-state index in [1.54, 1.807) is 12.2 Å². The second kappa shape index (κ2) is 2.19. The molecule has 0 bridgehead atoms. The standard InChI is InChI=1S/C8H8O3/c9-6-2-1-5-3-8(10)11-7(5)4-6/h1-2,5,7H,3-4H2. The predicted octanol–water partition coefficient (Wildman–Crippen LogP) is 0.447. The van der Waals surface area contributed by atoms with Crippen LogP contribution in [0.4, 0.5) is 0 Å². The van der Waals surface area contributed by atoms with Crippen LogP contribution in [0.3, 0.4) is 0 Å². The van der Waals surface area contributed by atoms with Crippen molar-refractivity contribution in [3.63, 3.8) is 0 Å². The van der Waals surface area contributed by atoms with Gasteiger partial charge in [0.15, 0.2) is 5.78 Å². The molecule has 0 saturated carbocycles. The number of ether oxygens (including phenoxy) is 1. The second-order valence-corrected chi connectivity index (χ2v) is 2.93. The molecular weight excluding hydrogens is 144 g/mol. The van der Waals surface area contributed by atoms with Crippen LogP contribution in [-0.4, -0.2) is 17.9 Å². The molecule has 1 aliphatic carbocycles. The van der Waals surface area contributed by atoms with Crippen LogP contribution in [0.25, 0.3) is 0 Å². The van der Waals surface area contributed by atoms with Crippen molar-refractivity contribution in [3.8, 4) is 0 Å². The van der Waals surface area contributed by atoms with Crippen LogP contribution in [0.5, 0.6) is 0 Å². The highest BCUT2D eigenvalue weighted by atomic mass is 16.5. The van der Waals surface area contributed by atoms with Crippen LogP contribution in [-0.2, 0) is 14.3 Å². The average molecular weight is 152 g/mol. The minimum Gasteiger partial charge on any atom is -0.461 e. The van der Waals surface area contributed by atoms with E-state index in [9.17, 15) is 9.59 Å². The van der Waals surface area contributed by atoms with E-state index in [1.165, 1.54) is 0 Å². The monoisotopic (exact) mass is 152 g/mol. The van der Waals surface area contributed by atoms with Crippen LogP contribution in [0.15, 0.2) is 12.2 Å². The number of carbonyl (C=O) groups is 2. The highest BCUT2D eigenvalue weighted by Crippen LogP contribution is 2.28. The fourth-order valence-electron chi connectivity index (χ4n) is 1.51. The lowest BCUT2D eigenvalue weighted by Crippen LogP contribution is -2.22. The molecule has 1 heterocycles. The van der Waals surface area contributed by atoms with Crippen molar-refractivity contribution in [2.75, 3.05) is 0 Å². The lowest BCUT2D eigenvalue weighted by atomic mass is 9.92. The summed E-state index contributed by atoms with van der Waals surface area (Å²) in [6, 6.07) is 0. The lowest BCUT2D eigenvalue weighted by molar-refractivity contribution is -0.142. The number of rotatable bonds is 0. The number of hydrogen-bond donors (Lipinski definition) is 0. The fraction of sp³-hybridized carbons (Fsp3) is 0.500. The van der Waals surface area contributed by atoms with Crippen LogP contribution in [0, 0.1) is 5.92 Å². The summed E-state index contributed by atoms with van der Waals surface area (Å²) in [5.41, 5.74) is 0. The first-order valence-electron chi connectivity index (χ1n) is 3.66. The molecule has 2 atom stereocenters. The molecule has 0 aromatic rings. The molecule has 1 fully saturated rings. The van der Waals surface area contributed by atoms with E-state index in [0.29, 0.717) is 12.8 Å². The topological polar surface area (TPSA) is 43.4 Å². The summed E-state index contributed by atoms with van der Waals surface area (Å²) in [6.45, 7) is 0. The molecule has 0 aromatic carbocycles. The van der Waals surface area contributed by atoms with Gasteiger partial charge >= 0.3 is 5.97 Å². The summed E-state index contributed by atoms with van der Waals surface area (Å²) in [6.07, 6.45) is 3.96. The van der Waals surface area contributed by atoms with E-state index in [0.717, 1.165) is 0 Å². The molecule has 1 saturated heterocycles. The minimum atomic E-state index is -0.181. The van der Waals surface area contributed by atoms with Gasteiger partial charge in [-0.15, -0.1) is 0 Å². The van der Waals surface area contributed by atoms with Crippen LogP contribution in [0.2, 0.25) is 0 Å². The van der Waals surface area contributed by atoms with Gasteiger partial charge in [-0.2, -0.15) is 0 Å². The number of hydrogen-bond acceptors (Lipinski definition) is 3. The molecule has 3 heteroatoms. The van der Waals surface area contributed by atoms with Gasteiger partial charge in [0.25, 0.3) is 0 Å². The Hall–Kier alpha value is -1.12. The van der Waals surface area contributed by atoms with Gasteiger partial charge in [-0.1, -0.05) is 6.08 Å². The molecule has 3 nitrogen and oxygen atoms in total. The molecule has 2 rings (SSSR count). The first kappa shape index (κ1) is 6.58. The third-order valence-electron chi connectivity index (χ3n) is 2.09. The third kappa shape index (κ3) is 1.06. The van der Waals surface area contributed by atoms with Crippen molar-refractivity contribution in [2.45, 2.75) is 18.9 Å². The van der Waals surface area contributed by atoms with Gasteiger partial charge in [0, 0.05) is 12.3 Å². The Balaban J connectivity index is 2.19. The Morgan fingerprint density at radius 2 is 2.18 bits per heavy atom. The first-order valence-corrected chi connectivity index (χ1v) is 3.66.